The number of hydrogen-bond acceptors (Lipinski definition) is 6. The van der Waals surface area contributed by atoms with Crippen molar-refractivity contribution in [2.75, 3.05) is 50.4 Å². The van der Waals surface area contributed by atoms with Gasteiger partial charge in [0, 0.05) is 74.8 Å². The fourth-order valence-electron chi connectivity index (χ4n) is 8.10. The molecular formula is C60H76N2O4. The molecule has 0 atom stereocenters. The SMILES string of the molecule is COC(C)(C)CCOCCCCCCc1ccc(N(c2ccccc2)c2ccc(-c3ccc(N(c4ccccc4)c4ccc(CCCCCCOCCC(C)(C)OC)cc4)cc3)cc2)cc1. The van der Waals surface area contributed by atoms with Crippen molar-refractivity contribution in [3.05, 3.63) is 169 Å². The summed E-state index contributed by atoms with van der Waals surface area (Å²) in [5.74, 6) is 0. The van der Waals surface area contributed by atoms with Crippen LogP contribution in [0.2, 0.25) is 0 Å². The van der Waals surface area contributed by atoms with E-state index in [1.54, 1.807) is 14.2 Å². The van der Waals surface area contributed by atoms with E-state index >= 15 is 0 Å². The molecular weight excluding hydrogens is 813 g/mol. The van der Waals surface area contributed by atoms with Gasteiger partial charge in [-0.1, -0.05) is 111 Å². The lowest BCUT2D eigenvalue weighted by Gasteiger charge is -2.26. The van der Waals surface area contributed by atoms with E-state index < -0.39 is 0 Å². The Morgan fingerprint density at radius 2 is 0.636 bits per heavy atom. The van der Waals surface area contributed by atoms with Crippen molar-refractivity contribution >= 4 is 34.1 Å². The molecule has 6 nitrogen and oxygen atoms in total. The van der Waals surface area contributed by atoms with E-state index in [0.717, 1.165) is 99.1 Å². The fraction of sp³-hybridized carbons (Fsp3) is 0.400. The summed E-state index contributed by atoms with van der Waals surface area (Å²) < 4.78 is 22.7. The lowest BCUT2D eigenvalue weighted by atomic mass is 10.0. The standard InChI is InChI=1S/C60H76N2O4/c1-59(2,63-5)43-47-65-45-19-9-7-13-21-49-27-35-55(36-28-49)61(53-23-15-11-16-24-53)57-39-31-51(32-40-57)52-33-41-58(42-34-52)62(54-25-17-12-18-26-54)56-37-29-50(30-38-56)22-14-8-10-20-46-66-48-44-60(3,4)64-6/h11-12,15-18,23-42H,7-10,13-14,19-22,43-48H2,1-6H3. The van der Waals surface area contributed by atoms with Gasteiger partial charge in [-0.05, 0) is 174 Å². The minimum atomic E-state index is -0.115. The molecule has 0 amide bonds. The first-order chi connectivity index (χ1) is 32.1. The van der Waals surface area contributed by atoms with Gasteiger partial charge in [-0.2, -0.15) is 0 Å². The number of anilines is 6. The van der Waals surface area contributed by atoms with Gasteiger partial charge in [0.1, 0.15) is 0 Å². The van der Waals surface area contributed by atoms with Gasteiger partial charge in [0.25, 0.3) is 0 Å². The van der Waals surface area contributed by atoms with Crippen molar-refractivity contribution in [3.63, 3.8) is 0 Å². The van der Waals surface area contributed by atoms with Gasteiger partial charge >= 0.3 is 0 Å². The number of para-hydroxylation sites is 2. The summed E-state index contributed by atoms with van der Waals surface area (Å²) in [5.41, 5.74) is 11.7. The lowest BCUT2D eigenvalue weighted by Crippen LogP contribution is -2.24. The highest BCUT2D eigenvalue weighted by Gasteiger charge is 2.18. The second kappa shape index (κ2) is 26.2. The van der Waals surface area contributed by atoms with Crippen LogP contribution in [0.25, 0.3) is 11.1 Å². The van der Waals surface area contributed by atoms with E-state index in [2.05, 4.69) is 195 Å². The van der Waals surface area contributed by atoms with Crippen LogP contribution < -0.4 is 9.80 Å². The molecule has 0 aromatic heterocycles. The number of ether oxygens (including phenoxy) is 4. The molecule has 0 aliphatic heterocycles. The summed E-state index contributed by atoms with van der Waals surface area (Å²) in [6.45, 7) is 11.6. The van der Waals surface area contributed by atoms with E-state index in [1.807, 2.05) is 0 Å². The van der Waals surface area contributed by atoms with E-state index in [9.17, 15) is 0 Å². The molecule has 0 heterocycles. The van der Waals surface area contributed by atoms with Crippen LogP contribution >= 0.6 is 0 Å². The van der Waals surface area contributed by atoms with Crippen LogP contribution in [0.1, 0.15) is 103 Å². The first kappa shape index (κ1) is 50.2. The summed E-state index contributed by atoms with van der Waals surface area (Å²) in [7, 11) is 3.53. The molecule has 0 aliphatic carbocycles. The minimum absolute atomic E-state index is 0.115. The number of benzene rings is 6. The van der Waals surface area contributed by atoms with Crippen molar-refractivity contribution < 1.29 is 18.9 Å². The summed E-state index contributed by atoms with van der Waals surface area (Å²) in [4.78, 5) is 4.69. The second-order valence-electron chi connectivity index (χ2n) is 18.7. The Morgan fingerprint density at radius 3 is 0.970 bits per heavy atom. The third kappa shape index (κ3) is 16.0. The predicted octanol–water partition coefficient (Wildman–Crippen LogP) is 16.2. The third-order valence-electron chi connectivity index (χ3n) is 12.8. The molecule has 0 spiro atoms. The van der Waals surface area contributed by atoms with Crippen LogP contribution in [-0.4, -0.2) is 51.8 Å². The molecule has 0 radical (unpaired) electrons. The summed E-state index contributed by atoms with van der Waals surface area (Å²) in [5, 5.41) is 0. The molecule has 0 N–H and O–H groups in total. The Morgan fingerprint density at radius 1 is 0.333 bits per heavy atom. The zero-order valence-corrected chi connectivity index (χ0v) is 40.9. The zero-order valence-electron chi connectivity index (χ0n) is 40.9. The quantitative estimate of drug-likeness (QED) is 0.0437. The topological polar surface area (TPSA) is 43.4 Å². The van der Waals surface area contributed by atoms with Gasteiger partial charge < -0.3 is 28.7 Å². The monoisotopic (exact) mass is 889 g/mol. The van der Waals surface area contributed by atoms with Crippen LogP contribution in [0.3, 0.4) is 0 Å². The molecule has 6 aromatic rings. The highest BCUT2D eigenvalue weighted by molar-refractivity contribution is 5.80. The summed E-state index contributed by atoms with van der Waals surface area (Å²) in [6, 6.07) is 57.5. The molecule has 66 heavy (non-hydrogen) atoms. The number of unbranched alkanes of at least 4 members (excludes halogenated alkanes) is 6. The average Bonchev–Trinajstić information content (AvgIpc) is 3.35. The van der Waals surface area contributed by atoms with E-state index in [4.69, 9.17) is 18.9 Å². The van der Waals surface area contributed by atoms with Crippen LogP contribution in [0, 0.1) is 0 Å². The highest BCUT2D eigenvalue weighted by atomic mass is 16.5. The van der Waals surface area contributed by atoms with Crippen molar-refractivity contribution in [2.45, 2.75) is 116 Å². The molecule has 6 aromatic carbocycles. The molecule has 0 saturated heterocycles. The molecule has 0 fully saturated rings. The van der Waals surface area contributed by atoms with E-state index in [1.165, 1.54) is 60.8 Å². The Bertz CT molecular complexity index is 2060. The van der Waals surface area contributed by atoms with Gasteiger partial charge in [0.15, 0.2) is 0 Å². The zero-order chi connectivity index (χ0) is 46.5. The van der Waals surface area contributed by atoms with E-state index in [0.29, 0.717) is 0 Å². The molecule has 350 valence electrons. The molecule has 0 bridgehead atoms. The molecule has 6 heteroatoms. The highest BCUT2D eigenvalue weighted by Crippen LogP contribution is 2.38. The van der Waals surface area contributed by atoms with Gasteiger partial charge in [0.2, 0.25) is 0 Å². The summed E-state index contributed by atoms with van der Waals surface area (Å²) in [6.07, 6.45) is 13.4. The van der Waals surface area contributed by atoms with Crippen molar-refractivity contribution in [3.8, 4) is 11.1 Å². The summed E-state index contributed by atoms with van der Waals surface area (Å²) >= 11 is 0. The number of methoxy groups -OCH3 is 2. The smallest absolute Gasteiger partial charge is 0.0644 e. The molecule has 0 saturated carbocycles. The number of hydrogen-bond donors (Lipinski definition) is 0. The Hall–Kier alpha value is -5.24. The Kier molecular flexibility index (Phi) is 19.9. The maximum absolute atomic E-state index is 5.85. The maximum Gasteiger partial charge on any atom is 0.0644 e. The van der Waals surface area contributed by atoms with E-state index in [-0.39, 0.29) is 11.2 Å². The predicted molar refractivity (Wildman–Crippen MR) is 279 cm³/mol. The normalized spacial score (nSPS) is 11.8. The van der Waals surface area contributed by atoms with Gasteiger partial charge in [-0.3, -0.25) is 0 Å². The maximum atomic E-state index is 5.85. The largest absolute Gasteiger partial charge is 0.381 e. The van der Waals surface area contributed by atoms with Gasteiger partial charge in [0.05, 0.1) is 11.2 Å². The first-order valence-electron chi connectivity index (χ1n) is 24.5. The van der Waals surface area contributed by atoms with Crippen molar-refractivity contribution in [2.24, 2.45) is 0 Å². The van der Waals surface area contributed by atoms with Gasteiger partial charge in [-0.15, -0.1) is 0 Å². The average molecular weight is 889 g/mol. The lowest BCUT2D eigenvalue weighted by molar-refractivity contribution is -0.0105. The van der Waals surface area contributed by atoms with Gasteiger partial charge in [-0.25, -0.2) is 0 Å². The minimum Gasteiger partial charge on any atom is -0.381 e. The third-order valence-corrected chi connectivity index (χ3v) is 12.8. The van der Waals surface area contributed by atoms with Crippen LogP contribution in [0.15, 0.2) is 158 Å². The van der Waals surface area contributed by atoms with Crippen molar-refractivity contribution in [1.82, 2.24) is 0 Å². The van der Waals surface area contributed by atoms with Crippen molar-refractivity contribution in [1.29, 1.82) is 0 Å². The fourth-order valence-corrected chi connectivity index (χ4v) is 8.10. The Balaban J connectivity index is 1.03. The molecule has 0 aliphatic rings. The molecule has 0 unspecified atom stereocenters. The number of rotatable bonds is 29. The second-order valence-corrected chi connectivity index (χ2v) is 18.7. The first-order valence-corrected chi connectivity index (χ1v) is 24.5. The Labute approximate surface area is 397 Å². The van der Waals surface area contributed by atoms with Crippen LogP contribution in [0.5, 0.6) is 0 Å². The van der Waals surface area contributed by atoms with Crippen LogP contribution in [-0.2, 0) is 31.8 Å². The van der Waals surface area contributed by atoms with Crippen LogP contribution in [0.4, 0.5) is 34.1 Å². The molecule has 6 rings (SSSR count). The number of nitrogens with zero attached hydrogens (tertiary/aromatic N) is 2. The number of aryl methyl sites for hydroxylation is 2.